The zero-order valence-electron chi connectivity index (χ0n) is 16.4. The molecule has 0 aliphatic rings. The van der Waals surface area contributed by atoms with Crippen molar-refractivity contribution < 1.29 is 19.0 Å². The van der Waals surface area contributed by atoms with Crippen molar-refractivity contribution in [3.8, 4) is 11.5 Å². The first-order valence-corrected chi connectivity index (χ1v) is 9.00. The third-order valence-corrected chi connectivity index (χ3v) is 3.97. The Morgan fingerprint density at radius 3 is 2.62 bits per heavy atom. The van der Waals surface area contributed by atoms with Crippen molar-refractivity contribution >= 4 is 29.1 Å². The Labute approximate surface area is 168 Å². The molecule has 150 valence electrons. The molecule has 3 rings (SSSR count). The maximum absolute atomic E-state index is 12.3. The summed E-state index contributed by atoms with van der Waals surface area (Å²) >= 11 is 0. The highest BCUT2D eigenvalue weighted by Crippen LogP contribution is 2.28. The average Bonchev–Trinajstić information content (AvgIpc) is 2.74. The van der Waals surface area contributed by atoms with Gasteiger partial charge in [0.25, 0.3) is 0 Å². The van der Waals surface area contributed by atoms with E-state index in [2.05, 4.69) is 20.6 Å². The van der Waals surface area contributed by atoms with Gasteiger partial charge < -0.3 is 24.8 Å². The lowest BCUT2D eigenvalue weighted by molar-refractivity contribution is 0.0526. The predicted molar refractivity (Wildman–Crippen MR) is 111 cm³/mol. The third kappa shape index (κ3) is 4.92. The first kappa shape index (κ1) is 19.9. The molecule has 0 spiro atoms. The number of rotatable bonds is 8. The summed E-state index contributed by atoms with van der Waals surface area (Å²) in [5.74, 6) is 1.42. The minimum Gasteiger partial charge on any atom is -0.497 e. The summed E-state index contributed by atoms with van der Waals surface area (Å²) < 4.78 is 15.7. The third-order valence-electron chi connectivity index (χ3n) is 3.97. The second-order valence-electron chi connectivity index (χ2n) is 5.86. The van der Waals surface area contributed by atoms with Crippen molar-refractivity contribution in [2.75, 3.05) is 31.5 Å². The Bertz CT molecular complexity index is 994. The summed E-state index contributed by atoms with van der Waals surface area (Å²) in [6.07, 6.45) is 1.42. The van der Waals surface area contributed by atoms with Gasteiger partial charge in [0, 0.05) is 18.0 Å². The van der Waals surface area contributed by atoms with Crippen molar-refractivity contribution in [2.45, 2.75) is 6.92 Å². The standard InChI is InChI=1S/C21H22N4O4/c1-4-29-20(26)16-13-22-21(24-17-10-5-6-11-18(17)28-3)25-19(16)23-14-8-7-9-15(12-14)27-2/h5-13H,4H2,1-3H3,(H2,22,23,24,25). The zero-order chi connectivity index (χ0) is 20.6. The van der Waals surface area contributed by atoms with E-state index in [0.29, 0.717) is 34.6 Å². The van der Waals surface area contributed by atoms with E-state index in [0.717, 1.165) is 0 Å². The van der Waals surface area contributed by atoms with Crippen LogP contribution in [-0.4, -0.2) is 36.8 Å². The van der Waals surface area contributed by atoms with Gasteiger partial charge in [-0.05, 0) is 31.2 Å². The Morgan fingerprint density at radius 2 is 1.86 bits per heavy atom. The molecule has 0 saturated heterocycles. The van der Waals surface area contributed by atoms with Crippen LogP contribution in [0.1, 0.15) is 17.3 Å². The second kappa shape index (κ2) is 9.41. The lowest BCUT2D eigenvalue weighted by Gasteiger charge is -2.14. The molecule has 0 bridgehead atoms. The number of nitrogens with zero attached hydrogens (tertiary/aromatic N) is 2. The number of methoxy groups -OCH3 is 2. The van der Waals surface area contributed by atoms with Gasteiger partial charge in [-0.15, -0.1) is 0 Å². The fraction of sp³-hybridized carbons (Fsp3) is 0.190. The lowest BCUT2D eigenvalue weighted by Crippen LogP contribution is -2.11. The Hall–Kier alpha value is -3.81. The topological polar surface area (TPSA) is 94.6 Å². The number of nitrogens with one attached hydrogen (secondary N) is 2. The van der Waals surface area contributed by atoms with E-state index in [-0.39, 0.29) is 12.2 Å². The number of ether oxygens (including phenoxy) is 3. The molecule has 0 atom stereocenters. The molecule has 0 saturated carbocycles. The van der Waals surface area contributed by atoms with Gasteiger partial charge in [-0.2, -0.15) is 4.98 Å². The van der Waals surface area contributed by atoms with Crippen LogP contribution in [0, 0.1) is 0 Å². The molecule has 29 heavy (non-hydrogen) atoms. The number of carbonyl (C=O) groups excluding carboxylic acids is 1. The molecule has 1 heterocycles. The number of hydrogen-bond acceptors (Lipinski definition) is 8. The number of carbonyl (C=O) groups is 1. The predicted octanol–water partition coefficient (Wildman–Crippen LogP) is 4.16. The van der Waals surface area contributed by atoms with Gasteiger partial charge in [0.05, 0.1) is 26.5 Å². The van der Waals surface area contributed by atoms with E-state index < -0.39 is 5.97 Å². The van der Waals surface area contributed by atoms with E-state index in [1.807, 2.05) is 42.5 Å². The monoisotopic (exact) mass is 394 g/mol. The second-order valence-corrected chi connectivity index (χ2v) is 5.86. The minimum absolute atomic E-state index is 0.222. The Morgan fingerprint density at radius 1 is 1.03 bits per heavy atom. The van der Waals surface area contributed by atoms with Gasteiger partial charge in [0.1, 0.15) is 17.1 Å². The normalized spacial score (nSPS) is 10.2. The summed E-state index contributed by atoms with van der Waals surface area (Å²) in [6, 6.07) is 14.7. The molecule has 8 heteroatoms. The molecule has 1 aromatic heterocycles. The molecule has 0 fully saturated rings. The molecule has 2 N–H and O–H groups in total. The van der Waals surface area contributed by atoms with Crippen molar-refractivity contribution in [3.63, 3.8) is 0 Å². The number of anilines is 4. The van der Waals surface area contributed by atoms with Crippen molar-refractivity contribution in [1.29, 1.82) is 0 Å². The van der Waals surface area contributed by atoms with Gasteiger partial charge in [-0.25, -0.2) is 9.78 Å². The molecule has 0 unspecified atom stereocenters. The van der Waals surface area contributed by atoms with Gasteiger partial charge in [0.2, 0.25) is 5.95 Å². The molecular formula is C21H22N4O4. The molecule has 0 aliphatic carbocycles. The number of aromatic nitrogens is 2. The summed E-state index contributed by atoms with van der Waals surface area (Å²) in [6.45, 7) is 1.99. The van der Waals surface area contributed by atoms with E-state index in [4.69, 9.17) is 14.2 Å². The summed E-state index contributed by atoms with van der Waals surface area (Å²) in [4.78, 5) is 21.1. The van der Waals surface area contributed by atoms with E-state index in [9.17, 15) is 4.79 Å². The largest absolute Gasteiger partial charge is 0.497 e. The fourth-order valence-corrected chi connectivity index (χ4v) is 2.60. The van der Waals surface area contributed by atoms with Gasteiger partial charge in [-0.3, -0.25) is 0 Å². The first-order valence-electron chi connectivity index (χ1n) is 9.00. The van der Waals surface area contributed by atoms with E-state index in [1.54, 1.807) is 27.2 Å². The fourth-order valence-electron chi connectivity index (χ4n) is 2.60. The van der Waals surface area contributed by atoms with E-state index in [1.165, 1.54) is 6.20 Å². The Kier molecular flexibility index (Phi) is 6.47. The van der Waals surface area contributed by atoms with Crippen molar-refractivity contribution in [1.82, 2.24) is 9.97 Å². The van der Waals surface area contributed by atoms with Crippen LogP contribution in [0.2, 0.25) is 0 Å². The van der Waals surface area contributed by atoms with Crippen LogP contribution in [0.3, 0.4) is 0 Å². The lowest BCUT2D eigenvalue weighted by atomic mass is 10.2. The van der Waals surface area contributed by atoms with Crippen LogP contribution < -0.4 is 20.1 Å². The maximum Gasteiger partial charge on any atom is 0.343 e. The zero-order valence-corrected chi connectivity index (χ0v) is 16.4. The van der Waals surface area contributed by atoms with Crippen molar-refractivity contribution in [2.24, 2.45) is 0 Å². The van der Waals surface area contributed by atoms with Crippen LogP contribution in [0.15, 0.2) is 54.7 Å². The van der Waals surface area contributed by atoms with Crippen LogP contribution in [0.4, 0.5) is 23.1 Å². The number of hydrogen-bond donors (Lipinski definition) is 2. The van der Waals surface area contributed by atoms with Crippen LogP contribution in [0.25, 0.3) is 0 Å². The first-order chi connectivity index (χ1) is 14.1. The number of para-hydroxylation sites is 2. The van der Waals surface area contributed by atoms with Gasteiger partial charge in [0.15, 0.2) is 5.82 Å². The smallest absolute Gasteiger partial charge is 0.343 e. The minimum atomic E-state index is -0.512. The highest BCUT2D eigenvalue weighted by atomic mass is 16.5. The van der Waals surface area contributed by atoms with Crippen LogP contribution in [-0.2, 0) is 4.74 Å². The molecule has 8 nitrogen and oxygen atoms in total. The quantitative estimate of drug-likeness (QED) is 0.550. The van der Waals surface area contributed by atoms with Crippen molar-refractivity contribution in [3.05, 3.63) is 60.3 Å². The molecule has 0 aliphatic heterocycles. The molecular weight excluding hydrogens is 372 g/mol. The van der Waals surface area contributed by atoms with Gasteiger partial charge in [-0.1, -0.05) is 18.2 Å². The van der Waals surface area contributed by atoms with Crippen LogP contribution >= 0.6 is 0 Å². The summed E-state index contributed by atoms with van der Waals surface area (Å²) in [5, 5.41) is 6.24. The van der Waals surface area contributed by atoms with Crippen LogP contribution in [0.5, 0.6) is 11.5 Å². The maximum atomic E-state index is 12.3. The summed E-state index contributed by atoms with van der Waals surface area (Å²) in [7, 11) is 3.17. The summed E-state index contributed by atoms with van der Waals surface area (Å²) in [5.41, 5.74) is 1.63. The molecule has 2 aromatic carbocycles. The highest BCUT2D eigenvalue weighted by molar-refractivity contribution is 5.95. The molecule has 0 radical (unpaired) electrons. The number of benzene rings is 2. The molecule has 0 amide bonds. The number of esters is 1. The average molecular weight is 394 g/mol. The Balaban J connectivity index is 1.95. The van der Waals surface area contributed by atoms with Gasteiger partial charge >= 0.3 is 5.97 Å². The molecule has 3 aromatic rings. The van der Waals surface area contributed by atoms with E-state index >= 15 is 0 Å². The SMILES string of the molecule is CCOC(=O)c1cnc(Nc2ccccc2OC)nc1Nc1cccc(OC)c1. The highest BCUT2D eigenvalue weighted by Gasteiger charge is 2.17.